The molecule has 0 aromatic heterocycles. The van der Waals surface area contributed by atoms with Gasteiger partial charge in [-0.3, -0.25) is 14.5 Å². The van der Waals surface area contributed by atoms with Crippen LogP contribution >= 0.6 is 0 Å². The minimum atomic E-state index is -0.648. The van der Waals surface area contributed by atoms with Crippen molar-refractivity contribution in [2.45, 2.75) is 25.9 Å². The summed E-state index contributed by atoms with van der Waals surface area (Å²) >= 11 is 0. The monoisotopic (exact) mass is 494 g/mol. The predicted octanol–water partition coefficient (Wildman–Crippen LogP) is 3.38. The lowest BCUT2D eigenvalue weighted by Crippen LogP contribution is -2.35. The molecule has 0 aliphatic carbocycles. The molecule has 2 aromatic carbocycles. The van der Waals surface area contributed by atoms with E-state index >= 15 is 0 Å². The van der Waals surface area contributed by atoms with Gasteiger partial charge in [0.1, 0.15) is 11.6 Å². The molecular formula is C27H27FN2O6. The van der Waals surface area contributed by atoms with Crippen molar-refractivity contribution in [3.63, 3.8) is 0 Å². The second kappa shape index (κ2) is 11.2. The van der Waals surface area contributed by atoms with E-state index in [1.54, 1.807) is 37.3 Å². The number of rotatable bonds is 8. The molecule has 4 rings (SSSR count). The van der Waals surface area contributed by atoms with Gasteiger partial charge in [-0.2, -0.15) is 0 Å². The molecule has 0 radical (unpaired) electrons. The molecule has 9 heteroatoms. The van der Waals surface area contributed by atoms with Crippen molar-refractivity contribution in [3.8, 4) is 5.75 Å². The van der Waals surface area contributed by atoms with Crippen LogP contribution in [0.2, 0.25) is 0 Å². The number of nitrogens with one attached hydrogen (secondary N) is 1. The van der Waals surface area contributed by atoms with Gasteiger partial charge in [-0.1, -0.05) is 12.1 Å². The van der Waals surface area contributed by atoms with E-state index in [1.807, 2.05) is 0 Å². The summed E-state index contributed by atoms with van der Waals surface area (Å²) in [4.78, 5) is 39.2. The molecule has 2 aliphatic heterocycles. The Hall–Kier alpha value is -3.98. The van der Waals surface area contributed by atoms with Crippen LogP contribution in [0.5, 0.6) is 5.75 Å². The van der Waals surface area contributed by atoms with Gasteiger partial charge in [-0.25, -0.2) is 9.18 Å². The van der Waals surface area contributed by atoms with Gasteiger partial charge < -0.3 is 19.5 Å². The smallest absolute Gasteiger partial charge is 0.340 e. The molecule has 2 aliphatic rings. The van der Waals surface area contributed by atoms with Gasteiger partial charge in [0.2, 0.25) is 0 Å². The van der Waals surface area contributed by atoms with Gasteiger partial charge >= 0.3 is 5.97 Å². The van der Waals surface area contributed by atoms with Crippen molar-refractivity contribution in [1.29, 1.82) is 0 Å². The third-order valence-corrected chi connectivity index (χ3v) is 5.99. The van der Waals surface area contributed by atoms with E-state index in [4.69, 9.17) is 14.2 Å². The fourth-order valence-electron chi connectivity index (χ4n) is 4.14. The molecule has 2 amide bonds. The summed E-state index contributed by atoms with van der Waals surface area (Å²) in [6.07, 6.45) is 3.59. The lowest BCUT2D eigenvalue weighted by Gasteiger charge is -2.17. The third-order valence-electron chi connectivity index (χ3n) is 5.99. The molecule has 1 unspecified atom stereocenters. The van der Waals surface area contributed by atoms with E-state index in [0.29, 0.717) is 29.2 Å². The van der Waals surface area contributed by atoms with Crippen molar-refractivity contribution < 1.29 is 33.0 Å². The van der Waals surface area contributed by atoms with Crippen molar-refractivity contribution in [1.82, 2.24) is 5.32 Å². The molecule has 1 atom stereocenters. The highest BCUT2D eigenvalue weighted by Crippen LogP contribution is 2.35. The summed E-state index contributed by atoms with van der Waals surface area (Å²) in [6.45, 7) is 2.70. The number of anilines is 1. The molecule has 0 saturated carbocycles. The number of allylic oxidation sites excluding steroid dienone is 1. The molecule has 36 heavy (non-hydrogen) atoms. The predicted molar refractivity (Wildman–Crippen MR) is 130 cm³/mol. The molecule has 2 heterocycles. The summed E-state index contributed by atoms with van der Waals surface area (Å²) in [5, 5.41) is 2.79. The van der Waals surface area contributed by atoms with Crippen LogP contribution in [-0.2, 0) is 23.9 Å². The Bertz CT molecular complexity index is 1200. The van der Waals surface area contributed by atoms with Crippen LogP contribution in [0.25, 0.3) is 6.08 Å². The Balaban J connectivity index is 1.46. The van der Waals surface area contributed by atoms with Gasteiger partial charge in [0, 0.05) is 24.5 Å². The number of methoxy groups -OCH3 is 1. The normalized spacial score (nSPS) is 18.6. The Morgan fingerprint density at radius 3 is 2.53 bits per heavy atom. The van der Waals surface area contributed by atoms with E-state index in [0.717, 1.165) is 19.4 Å². The summed E-state index contributed by atoms with van der Waals surface area (Å²) in [5.41, 5.74) is 1.76. The van der Waals surface area contributed by atoms with Crippen molar-refractivity contribution in [2.24, 2.45) is 0 Å². The van der Waals surface area contributed by atoms with E-state index in [1.165, 1.54) is 36.3 Å². The average Bonchev–Trinajstić information content (AvgIpc) is 3.49. The molecule has 1 fully saturated rings. The second-order valence-electron chi connectivity index (χ2n) is 8.42. The summed E-state index contributed by atoms with van der Waals surface area (Å²) in [5.74, 6) is -1.26. The van der Waals surface area contributed by atoms with Gasteiger partial charge in [0.05, 0.1) is 24.4 Å². The van der Waals surface area contributed by atoms with E-state index in [-0.39, 0.29) is 29.8 Å². The maximum atomic E-state index is 13.4. The first-order chi connectivity index (χ1) is 17.4. The SMILES string of the molecule is COC(=O)C1=C(C)N(c2ccc(F)cc2)C(=O)/C1=C\c1ccc(OCC(=O)NCC2CCCO2)cc1. The maximum absolute atomic E-state index is 13.4. The molecule has 8 nitrogen and oxygen atoms in total. The first-order valence-corrected chi connectivity index (χ1v) is 11.6. The number of hydrogen-bond acceptors (Lipinski definition) is 6. The number of halogens is 1. The zero-order valence-electron chi connectivity index (χ0n) is 20.1. The minimum absolute atomic E-state index is 0.0612. The van der Waals surface area contributed by atoms with Crippen LogP contribution in [0.4, 0.5) is 10.1 Å². The van der Waals surface area contributed by atoms with Crippen LogP contribution in [0, 0.1) is 5.82 Å². The lowest BCUT2D eigenvalue weighted by molar-refractivity contribution is -0.136. The second-order valence-corrected chi connectivity index (χ2v) is 8.42. The number of ether oxygens (including phenoxy) is 3. The molecule has 0 spiro atoms. The number of carbonyl (C=O) groups excluding carboxylic acids is 3. The lowest BCUT2D eigenvalue weighted by atomic mass is 10.0. The summed E-state index contributed by atoms with van der Waals surface area (Å²) in [6, 6.07) is 12.2. The highest BCUT2D eigenvalue weighted by atomic mass is 19.1. The largest absolute Gasteiger partial charge is 0.484 e. The Morgan fingerprint density at radius 2 is 1.89 bits per heavy atom. The van der Waals surface area contributed by atoms with Crippen LogP contribution in [0.3, 0.4) is 0 Å². The fourth-order valence-corrected chi connectivity index (χ4v) is 4.14. The van der Waals surface area contributed by atoms with Crippen molar-refractivity contribution in [2.75, 3.05) is 31.8 Å². The van der Waals surface area contributed by atoms with Crippen LogP contribution in [-0.4, -0.2) is 50.8 Å². The summed E-state index contributed by atoms with van der Waals surface area (Å²) < 4.78 is 29.3. The Morgan fingerprint density at radius 1 is 1.17 bits per heavy atom. The zero-order valence-corrected chi connectivity index (χ0v) is 20.1. The molecular weight excluding hydrogens is 467 g/mol. The fraction of sp³-hybridized carbons (Fsp3) is 0.296. The van der Waals surface area contributed by atoms with Gasteiger partial charge in [0.15, 0.2) is 6.61 Å². The number of esters is 1. The summed E-state index contributed by atoms with van der Waals surface area (Å²) in [7, 11) is 1.24. The molecule has 1 saturated heterocycles. The van der Waals surface area contributed by atoms with E-state index in [9.17, 15) is 18.8 Å². The first-order valence-electron chi connectivity index (χ1n) is 11.6. The van der Waals surface area contributed by atoms with Crippen LogP contribution in [0.1, 0.15) is 25.3 Å². The van der Waals surface area contributed by atoms with E-state index in [2.05, 4.69) is 5.32 Å². The highest BCUT2D eigenvalue weighted by molar-refractivity contribution is 6.23. The molecule has 0 bridgehead atoms. The molecule has 188 valence electrons. The molecule has 1 N–H and O–H groups in total. The van der Waals surface area contributed by atoms with Crippen LogP contribution in [0.15, 0.2) is 65.4 Å². The topological polar surface area (TPSA) is 94.2 Å². The third kappa shape index (κ3) is 5.63. The first kappa shape index (κ1) is 25.1. The standard InChI is InChI=1S/C27H27FN2O6/c1-17-25(27(33)34-2)23(26(32)30(17)20-9-7-19(28)8-10-20)14-18-5-11-21(12-6-18)36-16-24(31)29-15-22-4-3-13-35-22/h5-12,14,22H,3-4,13,15-16H2,1-2H3,(H,29,31)/b23-14-. The van der Waals surface area contributed by atoms with Crippen molar-refractivity contribution >= 4 is 29.5 Å². The number of carbonyl (C=O) groups is 3. The van der Waals surface area contributed by atoms with Gasteiger partial charge in [-0.05, 0) is 67.8 Å². The minimum Gasteiger partial charge on any atom is -0.484 e. The number of hydrogen-bond donors (Lipinski definition) is 1. The Kier molecular flexibility index (Phi) is 7.80. The maximum Gasteiger partial charge on any atom is 0.340 e. The number of benzene rings is 2. The zero-order chi connectivity index (χ0) is 25.7. The number of amides is 2. The average molecular weight is 495 g/mol. The quantitative estimate of drug-likeness (QED) is 0.447. The number of nitrogens with zero attached hydrogens (tertiary/aromatic N) is 1. The van der Waals surface area contributed by atoms with E-state index < -0.39 is 17.7 Å². The van der Waals surface area contributed by atoms with Gasteiger partial charge in [-0.15, -0.1) is 0 Å². The Labute approximate surface area is 208 Å². The van der Waals surface area contributed by atoms with Gasteiger partial charge in [0.25, 0.3) is 11.8 Å². The highest BCUT2D eigenvalue weighted by Gasteiger charge is 2.37. The van der Waals surface area contributed by atoms with Crippen LogP contribution < -0.4 is 15.0 Å². The molecule has 2 aromatic rings. The van der Waals surface area contributed by atoms with Crippen molar-refractivity contribution in [3.05, 3.63) is 76.8 Å².